The molecule has 4 aromatic rings. The van der Waals surface area contributed by atoms with Gasteiger partial charge in [-0.15, -0.1) is 0 Å². The number of halogens is 1. The molecule has 1 heterocycles. The maximum Gasteiger partial charge on any atom is 0.285 e. The summed E-state index contributed by atoms with van der Waals surface area (Å²) in [5.74, 6) is 0.243. The van der Waals surface area contributed by atoms with Crippen LogP contribution in [0.25, 0.3) is 11.3 Å². The Morgan fingerprint density at radius 3 is 1.93 bits per heavy atom. The van der Waals surface area contributed by atoms with Crippen LogP contribution < -0.4 is 4.90 Å². The quantitative estimate of drug-likeness (QED) is 0.442. The molecule has 1 amide bonds. The molecule has 1 aromatic heterocycles. The van der Waals surface area contributed by atoms with Crippen LogP contribution in [0.15, 0.2) is 95.5 Å². The Balaban J connectivity index is 1.71. The van der Waals surface area contributed by atoms with Crippen molar-refractivity contribution in [1.29, 1.82) is 0 Å². The summed E-state index contributed by atoms with van der Waals surface area (Å²) in [6.45, 7) is 0. The van der Waals surface area contributed by atoms with E-state index in [-0.39, 0.29) is 11.6 Å². The Hall–Kier alpha value is -3.37. The van der Waals surface area contributed by atoms with Gasteiger partial charge in [-0.25, -0.2) is 0 Å². The second kappa shape index (κ2) is 7.48. The summed E-state index contributed by atoms with van der Waals surface area (Å²) in [4.78, 5) is 14.8. The lowest BCUT2D eigenvalue weighted by Crippen LogP contribution is -2.26. The van der Waals surface area contributed by atoms with Gasteiger partial charge in [0.2, 0.25) is 0 Å². The highest BCUT2D eigenvalue weighted by molar-refractivity contribution is 6.30. The zero-order valence-corrected chi connectivity index (χ0v) is 15.0. The highest BCUT2D eigenvalue weighted by Gasteiger charge is 2.23. The minimum absolute atomic E-state index is 0.229. The van der Waals surface area contributed by atoms with E-state index in [1.807, 2.05) is 72.8 Å². The summed E-state index contributed by atoms with van der Waals surface area (Å²) in [5, 5.41) is 4.62. The number of carbonyl (C=O) groups is 1. The lowest BCUT2D eigenvalue weighted by Gasteiger charge is -2.21. The number of anilines is 2. The number of benzene rings is 3. The molecule has 4 rings (SSSR count). The highest BCUT2D eigenvalue weighted by atomic mass is 35.5. The fourth-order valence-corrected chi connectivity index (χ4v) is 2.90. The Bertz CT molecular complexity index is 1010. The fourth-order valence-electron chi connectivity index (χ4n) is 2.78. The predicted molar refractivity (Wildman–Crippen MR) is 106 cm³/mol. The van der Waals surface area contributed by atoms with Crippen LogP contribution in [-0.2, 0) is 0 Å². The number of hydrogen-bond donors (Lipinski definition) is 0. The molecule has 0 aliphatic carbocycles. The number of carbonyl (C=O) groups excluding carboxylic acids is 1. The number of aromatic nitrogens is 1. The van der Waals surface area contributed by atoms with Gasteiger partial charge in [-0.1, -0.05) is 53.2 Å². The van der Waals surface area contributed by atoms with Gasteiger partial charge in [0.25, 0.3) is 5.91 Å². The zero-order chi connectivity index (χ0) is 18.6. The third kappa shape index (κ3) is 3.61. The van der Waals surface area contributed by atoms with Gasteiger partial charge in [0.1, 0.15) is 0 Å². The topological polar surface area (TPSA) is 46.3 Å². The summed E-state index contributed by atoms with van der Waals surface area (Å²) in [5.41, 5.74) is 2.54. The molecule has 4 nitrogen and oxygen atoms in total. The van der Waals surface area contributed by atoms with Gasteiger partial charge in [-0.05, 0) is 48.5 Å². The van der Waals surface area contributed by atoms with Crippen molar-refractivity contribution in [3.8, 4) is 11.3 Å². The predicted octanol–water partition coefficient (Wildman–Crippen LogP) is 5.97. The number of hydrogen-bond acceptors (Lipinski definition) is 3. The van der Waals surface area contributed by atoms with Crippen LogP contribution in [0.5, 0.6) is 0 Å². The van der Waals surface area contributed by atoms with Crippen molar-refractivity contribution in [2.45, 2.75) is 0 Å². The molecule has 0 saturated carbocycles. The molecule has 0 radical (unpaired) electrons. The molecule has 132 valence electrons. The van der Waals surface area contributed by atoms with Gasteiger partial charge in [0.05, 0.1) is 0 Å². The van der Waals surface area contributed by atoms with Crippen molar-refractivity contribution in [3.05, 3.63) is 102 Å². The van der Waals surface area contributed by atoms with Gasteiger partial charge in [-0.2, -0.15) is 0 Å². The number of nitrogens with zero attached hydrogens (tertiary/aromatic N) is 2. The van der Waals surface area contributed by atoms with Crippen LogP contribution >= 0.6 is 11.6 Å². The van der Waals surface area contributed by atoms with Crippen molar-refractivity contribution in [2.24, 2.45) is 0 Å². The van der Waals surface area contributed by atoms with Gasteiger partial charge >= 0.3 is 0 Å². The monoisotopic (exact) mass is 374 g/mol. The van der Waals surface area contributed by atoms with E-state index >= 15 is 0 Å². The van der Waals surface area contributed by atoms with Crippen LogP contribution in [0.2, 0.25) is 5.02 Å². The molecule has 0 aliphatic heterocycles. The average Bonchev–Trinajstić information content (AvgIpc) is 3.21. The second-order valence-electron chi connectivity index (χ2n) is 5.89. The number of para-hydroxylation sites is 2. The van der Waals surface area contributed by atoms with Crippen LogP contribution in [0.4, 0.5) is 11.4 Å². The molecule has 27 heavy (non-hydrogen) atoms. The van der Waals surface area contributed by atoms with Crippen LogP contribution in [0.1, 0.15) is 10.5 Å². The molecule has 0 unspecified atom stereocenters. The summed E-state index contributed by atoms with van der Waals surface area (Å²) in [6.07, 6.45) is 0. The van der Waals surface area contributed by atoms with E-state index in [1.54, 1.807) is 23.1 Å². The average molecular weight is 375 g/mol. The van der Waals surface area contributed by atoms with E-state index in [9.17, 15) is 4.79 Å². The van der Waals surface area contributed by atoms with E-state index in [2.05, 4.69) is 5.16 Å². The molecule has 0 spiro atoms. The summed E-state index contributed by atoms with van der Waals surface area (Å²) < 4.78 is 5.39. The summed E-state index contributed by atoms with van der Waals surface area (Å²) in [7, 11) is 0. The summed E-state index contributed by atoms with van der Waals surface area (Å²) in [6, 6.07) is 27.7. The van der Waals surface area contributed by atoms with E-state index in [4.69, 9.17) is 16.1 Å². The molecule has 0 bridgehead atoms. The van der Waals surface area contributed by atoms with Gasteiger partial charge in [0, 0.05) is 28.0 Å². The maximum atomic E-state index is 13.2. The number of amides is 1. The molecular weight excluding hydrogens is 360 g/mol. The minimum atomic E-state index is -0.267. The first-order valence-electron chi connectivity index (χ1n) is 8.39. The van der Waals surface area contributed by atoms with Crippen molar-refractivity contribution >= 4 is 28.9 Å². The minimum Gasteiger partial charge on any atom is -0.355 e. The third-order valence-electron chi connectivity index (χ3n) is 4.09. The Labute approximate surface area is 161 Å². The van der Waals surface area contributed by atoms with Crippen molar-refractivity contribution < 1.29 is 9.32 Å². The van der Waals surface area contributed by atoms with E-state index < -0.39 is 0 Å². The molecule has 3 aromatic carbocycles. The van der Waals surface area contributed by atoms with Crippen molar-refractivity contribution in [3.63, 3.8) is 0 Å². The third-order valence-corrected chi connectivity index (χ3v) is 4.34. The highest BCUT2D eigenvalue weighted by Crippen LogP contribution is 2.28. The van der Waals surface area contributed by atoms with Gasteiger partial charge in [-0.3, -0.25) is 9.69 Å². The van der Waals surface area contributed by atoms with Crippen LogP contribution in [-0.4, -0.2) is 11.1 Å². The standard InChI is InChI=1S/C22H15ClN2O2/c23-17-13-11-16(12-14-17)21-15-20(24-27-21)22(26)25(18-7-3-1-4-8-18)19-9-5-2-6-10-19/h1-15H. The molecule has 0 saturated heterocycles. The van der Waals surface area contributed by atoms with Crippen molar-refractivity contribution in [2.75, 3.05) is 4.90 Å². The first-order valence-corrected chi connectivity index (χ1v) is 8.77. The van der Waals surface area contributed by atoms with Crippen LogP contribution in [0.3, 0.4) is 0 Å². The zero-order valence-electron chi connectivity index (χ0n) is 14.2. The molecule has 0 atom stereocenters. The Kier molecular flexibility index (Phi) is 4.73. The lowest BCUT2D eigenvalue weighted by atomic mass is 10.1. The SMILES string of the molecule is O=C(c1cc(-c2ccc(Cl)cc2)on1)N(c1ccccc1)c1ccccc1. The largest absolute Gasteiger partial charge is 0.355 e. The second-order valence-corrected chi connectivity index (χ2v) is 6.33. The van der Waals surface area contributed by atoms with Crippen molar-refractivity contribution in [1.82, 2.24) is 5.16 Å². The lowest BCUT2D eigenvalue weighted by molar-refractivity contribution is 0.0990. The molecule has 5 heteroatoms. The van der Waals surface area contributed by atoms with Gasteiger partial charge in [0.15, 0.2) is 11.5 Å². The van der Waals surface area contributed by atoms with E-state index in [0.29, 0.717) is 10.8 Å². The summed E-state index contributed by atoms with van der Waals surface area (Å²) >= 11 is 5.92. The van der Waals surface area contributed by atoms with Gasteiger partial charge < -0.3 is 4.52 Å². The fraction of sp³-hybridized carbons (Fsp3) is 0. The maximum absolute atomic E-state index is 13.2. The first kappa shape index (κ1) is 17.1. The van der Waals surface area contributed by atoms with E-state index in [0.717, 1.165) is 16.9 Å². The molecule has 0 N–H and O–H groups in total. The molecular formula is C22H15ClN2O2. The molecule has 0 aliphatic rings. The number of rotatable bonds is 4. The molecule has 0 fully saturated rings. The Morgan fingerprint density at radius 1 is 0.815 bits per heavy atom. The first-order chi connectivity index (χ1) is 13.2. The van der Waals surface area contributed by atoms with Crippen LogP contribution in [0, 0.1) is 0 Å². The normalized spacial score (nSPS) is 10.6. The Morgan fingerprint density at radius 2 is 1.37 bits per heavy atom. The van der Waals surface area contributed by atoms with E-state index in [1.165, 1.54) is 0 Å². The smallest absolute Gasteiger partial charge is 0.285 e.